The smallest absolute Gasteiger partial charge is 0.266 e. The van der Waals surface area contributed by atoms with Crippen LogP contribution < -0.4 is 5.56 Å². The molecular formula is C23H24N4O4S2. The molecule has 33 heavy (non-hydrogen) atoms. The van der Waals surface area contributed by atoms with Gasteiger partial charge in [0.1, 0.15) is 5.76 Å². The minimum Gasteiger partial charge on any atom is -0.361 e. The maximum absolute atomic E-state index is 13.6. The van der Waals surface area contributed by atoms with Crippen molar-refractivity contribution in [2.24, 2.45) is 0 Å². The molecule has 8 nitrogen and oxygen atoms in total. The second-order valence-electron chi connectivity index (χ2n) is 7.88. The van der Waals surface area contributed by atoms with E-state index < -0.39 is 10.0 Å². The van der Waals surface area contributed by atoms with Gasteiger partial charge in [-0.2, -0.15) is 0 Å². The highest BCUT2D eigenvalue weighted by molar-refractivity contribution is 7.98. The third kappa shape index (κ3) is 4.21. The van der Waals surface area contributed by atoms with Crippen molar-refractivity contribution >= 4 is 32.7 Å². The molecule has 2 aromatic carbocycles. The number of rotatable bonds is 6. The molecule has 0 aliphatic carbocycles. The minimum atomic E-state index is -3.68. The van der Waals surface area contributed by atoms with Crippen molar-refractivity contribution in [1.82, 2.24) is 19.0 Å². The van der Waals surface area contributed by atoms with Crippen LogP contribution in [-0.2, 0) is 15.8 Å². The number of benzene rings is 2. The van der Waals surface area contributed by atoms with Gasteiger partial charge < -0.3 is 4.52 Å². The summed E-state index contributed by atoms with van der Waals surface area (Å²) in [7, 11) is -0.730. The van der Waals surface area contributed by atoms with Crippen LogP contribution in [0.5, 0.6) is 0 Å². The summed E-state index contributed by atoms with van der Waals surface area (Å²) in [6.45, 7) is 5.55. The zero-order valence-corrected chi connectivity index (χ0v) is 20.6. The molecule has 4 rings (SSSR count). The van der Waals surface area contributed by atoms with Gasteiger partial charge in [-0.1, -0.05) is 35.1 Å². The van der Waals surface area contributed by atoms with Gasteiger partial charge >= 0.3 is 0 Å². The Hall–Kier alpha value is -2.95. The van der Waals surface area contributed by atoms with Gasteiger partial charge in [-0.25, -0.2) is 17.7 Å². The summed E-state index contributed by atoms with van der Waals surface area (Å²) in [6, 6.07) is 11.9. The van der Waals surface area contributed by atoms with Crippen molar-refractivity contribution in [3.05, 3.63) is 75.4 Å². The molecule has 0 amide bonds. The Kier molecular flexibility index (Phi) is 6.17. The van der Waals surface area contributed by atoms with Crippen LogP contribution in [0.3, 0.4) is 0 Å². The molecular weight excluding hydrogens is 460 g/mol. The van der Waals surface area contributed by atoms with E-state index >= 15 is 0 Å². The monoisotopic (exact) mass is 484 g/mol. The highest BCUT2D eigenvalue weighted by atomic mass is 32.2. The van der Waals surface area contributed by atoms with Crippen molar-refractivity contribution in [3.63, 3.8) is 0 Å². The van der Waals surface area contributed by atoms with Gasteiger partial charge in [0, 0.05) is 25.4 Å². The van der Waals surface area contributed by atoms with Crippen LogP contribution in [-0.4, -0.2) is 41.5 Å². The largest absolute Gasteiger partial charge is 0.361 e. The molecule has 2 heterocycles. The molecule has 0 saturated carbocycles. The number of fused-ring (bicyclic) bond motifs is 1. The third-order valence-electron chi connectivity index (χ3n) is 5.47. The first-order valence-corrected chi connectivity index (χ1v) is 12.6. The topological polar surface area (TPSA) is 98.3 Å². The lowest BCUT2D eigenvalue weighted by molar-refractivity contribution is 0.392. The maximum Gasteiger partial charge on any atom is 0.266 e. The van der Waals surface area contributed by atoms with Crippen LogP contribution >= 0.6 is 11.8 Å². The highest BCUT2D eigenvalue weighted by Gasteiger charge is 2.21. The fourth-order valence-electron chi connectivity index (χ4n) is 3.47. The lowest BCUT2D eigenvalue weighted by atomic mass is 10.2. The Morgan fingerprint density at radius 2 is 1.82 bits per heavy atom. The van der Waals surface area contributed by atoms with Gasteiger partial charge in [0.05, 0.1) is 27.2 Å². The first kappa shape index (κ1) is 23.2. The van der Waals surface area contributed by atoms with Crippen molar-refractivity contribution in [2.75, 3.05) is 14.1 Å². The molecule has 0 unspecified atom stereocenters. The van der Waals surface area contributed by atoms with Gasteiger partial charge in [0.2, 0.25) is 10.0 Å². The molecule has 0 atom stereocenters. The molecule has 0 aliphatic heterocycles. The first-order chi connectivity index (χ1) is 15.6. The Morgan fingerprint density at radius 1 is 1.09 bits per heavy atom. The number of hydrogen-bond acceptors (Lipinski definition) is 7. The predicted octanol–water partition coefficient (Wildman–Crippen LogP) is 3.84. The standard InChI is InChI=1S/C23H24N4O4S2/c1-14-10-11-17(33(29,30)26(4)5)12-21(14)27-22(28)18-8-6-7-9-20(18)24-23(27)32-13-19-15(2)25-31-16(19)3/h6-12H,13H2,1-5H3. The summed E-state index contributed by atoms with van der Waals surface area (Å²) in [4.78, 5) is 18.5. The molecule has 4 aromatic rings. The van der Waals surface area contributed by atoms with Gasteiger partial charge in [-0.15, -0.1) is 0 Å². The van der Waals surface area contributed by atoms with E-state index in [1.54, 1.807) is 30.3 Å². The molecule has 0 bridgehead atoms. The maximum atomic E-state index is 13.6. The quantitative estimate of drug-likeness (QED) is 0.303. The number of thioether (sulfide) groups is 1. The molecule has 0 radical (unpaired) electrons. The average molecular weight is 485 g/mol. The molecule has 10 heteroatoms. The van der Waals surface area contributed by atoms with Crippen molar-refractivity contribution in [2.45, 2.75) is 36.6 Å². The molecule has 0 fully saturated rings. The van der Waals surface area contributed by atoms with Gasteiger partial charge in [-0.3, -0.25) is 9.36 Å². The molecule has 172 valence electrons. The second kappa shape index (κ2) is 8.77. The minimum absolute atomic E-state index is 0.106. The Labute approximate surface area is 196 Å². The Bertz CT molecular complexity index is 1500. The summed E-state index contributed by atoms with van der Waals surface area (Å²) in [5, 5.41) is 4.91. The van der Waals surface area contributed by atoms with Crippen LogP contribution in [0.1, 0.15) is 22.6 Å². The summed E-state index contributed by atoms with van der Waals surface area (Å²) in [5.74, 6) is 1.21. The van der Waals surface area contributed by atoms with Crippen LogP contribution in [0.4, 0.5) is 0 Å². The number of hydrogen-bond donors (Lipinski definition) is 0. The van der Waals surface area contributed by atoms with Gasteiger partial charge in [0.15, 0.2) is 5.16 Å². The van der Waals surface area contributed by atoms with E-state index in [9.17, 15) is 13.2 Å². The Morgan fingerprint density at radius 3 is 2.48 bits per heavy atom. The van der Waals surface area contributed by atoms with Crippen LogP contribution in [0, 0.1) is 20.8 Å². The lowest BCUT2D eigenvalue weighted by Crippen LogP contribution is -2.25. The van der Waals surface area contributed by atoms with Gasteiger partial charge in [0.25, 0.3) is 5.56 Å². The SMILES string of the molecule is Cc1ccc(S(=O)(=O)N(C)C)cc1-n1c(SCc2c(C)noc2C)nc2ccccc2c1=O. The van der Waals surface area contributed by atoms with E-state index in [1.165, 1.54) is 36.5 Å². The number of aromatic nitrogens is 3. The van der Waals surface area contributed by atoms with E-state index in [1.807, 2.05) is 26.8 Å². The van der Waals surface area contributed by atoms with Crippen molar-refractivity contribution < 1.29 is 12.9 Å². The third-order valence-corrected chi connectivity index (χ3v) is 8.25. The summed E-state index contributed by atoms with van der Waals surface area (Å²) < 4.78 is 33.4. The van der Waals surface area contributed by atoms with Crippen molar-refractivity contribution in [1.29, 1.82) is 0 Å². The highest BCUT2D eigenvalue weighted by Crippen LogP contribution is 2.29. The second-order valence-corrected chi connectivity index (χ2v) is 11.0. The number of sulfonamides is 1. The summed E-state index contributed by atoms with van der Waals surface area (Å²) in [6.07, 6.45) is 0. The number of para-hydroxylation sites is 1. The predicted molar refractivity (Wildman–Crippen MR) is 128 cm³/mol. The van der Waals surface area contributed by atoms with Crippen LogP contribution in [0.15, 0.2) is 61.8 Å². The van der Waals surface area contributed by atoms with E-state index in [0.717, 1.165) is 21.1 Å². The lowest BCUT2D eigenvalue weighted by Gasteiger charge is -2.17. The summed E-state index contributed by atoms with van der Waals surface area (Å²) in [5.41, 5.74) is 3.27. The first-order valence-electron chi connectivity index (χ1n) is 10.2. The molecule has 0 aliphatic rings. The van der Waals surface area contributed by atoms with E-state index in [4.69, 9.17) is 9.51 Å². The van der Waals surface area contributed by atoms with Gasteiger partial charge in [-0.05, 0) is 50.6 Å². The van der Waals surface area contributed by atoms with Crippen LogP contribution in [0.2, 0.25) is 0 Å². The molecule has 2 aromatic heterocycles. The fourth-order valence-corrected chi connectivity index (χ4v) is 5.55. The molecule has 0 saturated heterocycles. The molecule has 0 N–H and O–H groups in total. The normalized spacial score (nSPS) is 12.1. The van der Waals surface area contributed by atoms with Crippen molar-refractivity contribution in [3.8, 4) is 5.69 Å². The Balaban J connectivity index is 1.94. The number of nitrogens with zero attached hydrogens (tertiary/aromatic N) is 4. The van der Waals surface area contributed by atoms with E-state index in [-0.39, 0.29) is 10.5 Å². The number of aryl methyl sites for hydroxylation is 3. The zero-order valence-electron chi connectivity index (χ0n) is 19.0. The summed E-state index contributed by atoms with van der Waals surface area (Å²) >= 11 is 1.38. The fraction of sp³-hybridized carbons (Fsp3) is 0.261. The zero-order chi connectivity index (χ0) is 23.9. The van der Waals surface area contributed by atoms with E-state index in [0.29, 0.717) is 33.3 Å². The molecule has 0 spiro atoms. The average Bonchev–Trinajstić information content (AvgIpc) is 3.10. The van der Waals surface area contributed by atoms with Crippen LogP contribution in [0.25, 0.3) is 16.6 Å². The van der Waals surface area contributed by atoms with E-state index in [2.05, 4.69) is 5.16 Å².